The molecule has 0 radical (unpaired) electrons. The van der Waals surface area contributed by atoms with Crippen molar-refractivity contribution in [1.29, 1.82) is 0 Å². The highest BCUT2D eigenvalue weighted by Gasteiger charge is 2.17. The van der Waals surface area contributed by atoms with E-state index >= 15 is 0 Å². The van der Waals surface area contributed by atoms with Gasteiger partial charge in [-0.25, -0.2) is 5.43 Å². The van der Waals surface area contributed by atoms with Crippen LogP contribution in [0.5, 0.6) is 0 Å². The Balaban J connectivity index is 2.32. The van der Waals surface area contributed by atoms with Crippen molar-refractivity contribution in [2.45, 2.75) is 25.9 Å². The van der Waals surface area contributed by atoms with E-state index in [1.807, 2.05) is 28.9 Å². The summed E-state index contributed by atoms with van der Waals surface area (Å²) < 4.78 is 1.96. The number of aryl methyl sites for hydroxylation is 1. The summed E-state index contributed by atoms with van der Waals surface area (Å²) in [7, 11) is 0. The monoisotopic (exact) mass is 231 g/mol. The Kier molecular flexibility index (Phi) is 3.85. The first-order chi connectivity index (χ1) is 8.36. The summed E-state index contributed by atoms with van der Waals surface area (Å²) in [5.74, 6) is 5.63. The van der Waals surface area contributed by atoms with Crippen LogP contribution >= 0.6 is 0 Å². The third-order valence-corrected chi connectivity index (χ3v) is 2.63. The van der Waals surface area contributed by atoms with Gasteiger partial charge in [0.25, 0.3) is 0 Å². The Hall–Kier alpha value is -1.72. The fraction of sp³-hybridized carbons (Fsp3) is 0.333. The summed E-state index contributed by atoms with van der Waals surface area (Å²) in [4.78, 5) is 4.32. The first kappa shape index (κ1) is 11.8. The van der Waals surface area contributed by atoms with E-state index in [1.165, 1.54) is 0 Å². The molecule has 90 valence electrons. The molecule has 5 heteroatoms. The van der Waals surface area contributed by atoms with Gasteiger partial charge in [0, 0.05) is 18.9 Å². The Morgan fingerprint density at radius 3 is 2.88 bits per heavy atom. The largest absolute Gasteiger partial charge is 0.270 e. The second kappa shape index (κ2) is 5.56. The summed E-state index contributed by atoms with van der Waals surface area (Å²) in [6, 6.07) is 7.64. The number of nitrogens with zero attached hydrogens (tertiary/aromatic N) is 3. The van der Waals surface area contributed by atoms with Crippen molar-refractivity contribution in [3.8, 4) is 0 Å². The highest BCUT2D eigenvalue weighted by Crippen LogP contribution is 2.18. The Labute approximate surface area is 101 Å². The summed E-state index contributed by atoms with van der Waals surface area (Å²) in [5, 5.41) is 4.29. The van der Waals surface area contributed by atoms with Crippen LogP contribution in [-0.2, 0) is 6.54 Å². The Morgan fingerprint density at radius 1 is 1.35 bits per heavy atom. The van der Waals surface area contributed by atoms with E-state index in [0.29, 0.717) is 0 Å². The zero-order valence-electron chi connectivity index (χ0n) is 9.87. The molecule has 17 heavy (non-hydrogen) atoms. The maximum absolute atomic E-state index is 5.63. The van der Waals surface area contributed by atoms with Gasteiger partial charge >= 0.3 is 0 Å². The Morgan fingerprint density at radius 2 is 2.24 bits per heavy atom. The van der Waals surface area contributed by atoms with Crippen molar-refractivity contribution in [2.75, 3.05) is 0 Å². The molecular weight excluding hydrogens is 214 g/mol. The molecule has 2 heterocycles. The third kappa shape index (κ3) is 2.51. The minimum Gasteiger partial charge on any atom is -0.270 e. The van der Waals surface area contributed by atoms with E-state index in [-0.39, 0.29) is 6.04 Å². The van der Waals surface area contributed by atoms with E-state index in [2.05, 4.69) is 22.4 Å². The van der Waals surface area contributed by atoms with Crippen molar-refractivity contribution < 1.29 is 0 Å². The fourth-order valence-corrected chi connectivity index (χ4v) is 1.86. The second-order valence-corrected chi connectivity index (χ2v) is 3.83. The second-order valence-electron chi connectivity index (χ2n) is 3.83. The van der Waals surface area contributed by atoms with Crippen molar-refractivity contribution in [1.82, 2.24) is 20.2 Å². The maximum atomic E-state index is 5.63. The molecule has 5 nitrogen and oxygen atoms in total. The molecule has 0 aliphatic heterocycles. The van der Waals surface area contributed by atoms with Gasteiger partial charge in [-0.1, -0.05) is 13.0 Å². The molecule has 0 aliphatic carbocycles. The maximum Gasteiger partial charge on any atom is 0.105 e. The zero-order chi connectivity index (χ0) is 12.1. The van der Waals surface area contributed by atoms with E-state index in [4.69, 9.17) is 5.84 Å². The van der Waals surface area contributed by atoms with Gasteiger partial charge in [0.05, 0.1) is 11.4 Å². The SMILES string of the molecule is CCCn1nccc1C(NN)c1ccccn1. The molecule has 1 unspecified atom stereocenters. The highest BCUT2D eigenvalue weighted by atomic mass is 15.3. The van der Waals surface area contributed by atoms with Gasteiger partial charge in [0.1, 0.15) is 6.04 Å². The molecule has 0 spiro atoms. The first-order valence-corrected chi connectivity index (χ1v) is 5.75. The van der Waals surface area contributed by atoms with Crippen LogP contribution in [0, 0.1) is 0 Å². The molecule has 2 aromatic heterocycles. The van der Waals surface area contributed by atoms with E-state index in [1.54, 1.807) is 12.4 Å². The van der Waals surface area contributed by atoms with Crippen LogP contribution in [0.2, 0.25) is 0 Å². The molecule has 1 atom stereocenters. The zero-order valence-corrected chi connectivity index (χ0v) is 9.87. The number of hydrogen-bond acceptors (Lipinski definition) is 4. The lowest BCUT2D eigenvalue weighted by molar-refractivity contribution is 0.515. The number of pyridine rings is 1. The highest BCUT2D eigenvalue weighted by molar-refractivity contribution is 5.21. The molecule has 0 amide bonds. The Bertz CT molecular complexity index is 451. The molecule has 0 fully saturated rings. The number of hydrazine groups is 1. The summed E-state index contributed by atoms with van der Waals surface area (Å²) in [5.41, 5.74) is 4.73. The minimum absolute atomic E-state index is 0.120. The van der Waals surface area contributed by atoms with Crippen molar-refractivity contribution >= 4 is 0 Å². The lowest BCUT2D eigenvalue weighted by Gasteiger charge is -2.16. The molecule has 2 rings (SSSR count). The topological polar surface area (TPSA) is 68.8 Å². The summed E-state index contributed by atoms with van der Waals surface area (Å²) in [6.07, 6.45) is 4.59. The quantitative estimate of drug-likeness (QED) is 0.600. The standard InChI is InChI=1S/C12H17N5/c1-2-9-17-11(6-8-15-17)12(16-13)10-5-3-4-7-14-10/h3-8,12,16H,2,9,13H2,1H3. The number of nitrogens with two attached hydrogens (primary N) is 1. The molecule has 0 saturated heterocycles. The van der Waals surface area contributed by atoms with Crippen molar-refractivity contribution in [3.63, 3.8) is 0 Å². The van der Waals surface area contributed by atoms with Gasteiger partial charge in [-0.2, -0.15) is 5.10 Å². The van der Waals surface area contributed by atoms with Crippen molar-refractivity contribution in [3.05, 3.63) is 48.0 Å². The molecule has 0 bridgehead atoms. The van der Waals surface area contributed by atoms with Crippen LogP contribution in [-0.4, -0.2) is 14.8 Å². The molecular formula is C12H17N5. The van der Waals surface area contributed by atoms with E-state index < -0.39 is 0 Å². The number of rotatable bonds is 5. The van der Waals surface area contributed by atoms with Gasteiger partial charge in [-0.15, -0.1) is 0 Å². The average Bonchev–Trinajstić information content (AvgIpc) is 2.81. The number of aromatic nitrogens is 3. The van der Waals surface area contributed by atoms with Gasteiger partial charge in [-0.05, 0) is 24.6 Å². The third-order valence-electron chi connectivity index (χ3n) is 2.63. The predicted octanol–water partition coefficient (Wildman–Crippen LogP) is 1.24. The molecule has 0 aromatic carbocycles. The van der Waals surface area contributed by atoms with Gasteiger partial charge in [0.15, 0.2) is 0 Å². The molecule has 0 saturated carbocycles. The van der Waals surface area contributed by atoms with Crippen molar-refractivity contribution in [2.24, 2.45) is 5.84 Å². The molecule has 2 aromatic rings. The average molecular weight is 231 g/mol. The van der Waals surface area contributed by atoms with Gasteiger partial charge < -0.3 is 0 Å². The normalized spacial score (nSPS) is 12.6. The molecule has 0 aliphatic rings. The van der Waals surface area contributed by atoms with Crippen LogP contribution in [0.15, 0.2) is 36.7 Å². The van der Waals surface area contributed by atoms with E-state index in [9.17, 15) is 0 Å². The van der Waals surface area contributed by atoms with Gasteiger partial charge in [-0.3, -0.25) is 15.5 Å². The number of nitrogens with one attached hydrogen (secondary N) is 1. The lowest BCUT2D eigenvalue weighted by atomic mass is 10.1. The summed E-state index contributed by atoms with van der Waals surface area (Å²) >= 11 is 0. The molecule has 3 N–H and O–H groups in total. The lowest BCUT2D eigenvalue weighted by Crippen LogP contribution is -2.31. The van der Waals surface area contributed by atoms with Gasteiger partial charge in [0.2, 0.25) is 0 Å². The summed E-state index contributed by atoms with van der Waals surface area (Å²) in [6.45, 7) is 3.00. The predicted molar refractivity (Wildman–Crippen MR) is 65.9 cm³/mol. The smallest absolute Gasteiger partial charge is 0.105 e. The number of hydrogen-bond donors (Lipinski definition) is 2. The van der Waals surface area contributed by atoms with Crippen LogP contribution in [0.3, 0.4) is 0 Å². The van der Waals surface area contributed by atoms with Crippen LogP contribution in [0.4, 0.5) is 0 Å². The minimum atomic E-state index is -0.120. The first-order valence-electron chi connectivity index (χ1n) is 5.75. The fourth-order valence-electron chi connectivity index (χ4n) is 1.86. The van der Waals surface area contributed by atoms with E-state index in [0.717, 1.165) is 24.4 Å². The van der Waals surface area contributed by atoms with Crippen LogP contribution in [0.25, 0.3) is 0 Å². The van der Waals surface area contributed by atoms with Crippen LogP contribution < -0.4 is 11.3 Å². The van der Waals surface area contributed by atoms with Crippen LogP contribution in [0.1, 0.15) is 30.8 Å².